The molecule has 0 aliphatic carbocycles. The zero-order chi connectivity index (χ0) is 18.3. The summed E-state index contributed by atoms with van der Waals surface area (Å²) < 4.78 is 45.8. The molecule has 0 aromatic heterocycles. The normalized spacial score (nSPS) is 20.8. The third kappa shape index (κ3) is 6.19. The summed E-state index contributed by atoms with van der Waals surface area (Å²) in [6, 6.07) is 4.25. The number of hydrogen-bond acceptors (Lipinski definition) is 3. The predicted octanol–water partition coefficient (Wildman–Crippen LogP) is 4.32. The van der Waals surface area contributed by atoms with Gasteiger partial charge in [0.1, 0.15) is 11.9 Å². The first kappa shape index (κ1) is 20.0. The minimum absolute atomic E-state index is 0.00459. The molecule has 1 fully saturated rings. The maximum Gasteiger partial charge on any atom is 0.416 e. The second-order valence-corrected chi connectivity index (χ2v) is 6.74. The number of aliphatic hydroxyl groups excluding tert-OH is 1. The maximum absolute atomic E-state index is 13.4. The van der Waals surface area contributed by atoms with E-state index < -0.39 is 11.7 Å². The Kier molecular flexibility index (Phi) is 7.56. The van der Waals surface area contributed by atoms with Gasteiger partial charge in [-0.3, -0.25) is 0 Å². The summed E-state index contributed by atoms with van der Waals surface area (Å²) in [6.07, 6.45) is 1.50. The molecule has 6 heteroatoms. The van der Waals surface area contributed by atoms with E-state index >= 15 is 0 Å². The number of aryl methyl sites for hydroxylation is 1. The fourth-order valence-electron chi connectivity index (χ4n) is 3.23. The van der Waals surface area contributed by atoms with Gasteiger partial charge in [0.05, 0.1) is 12.2 Å². The van der Waals surface area contributed by atoms with Crippen molar-refractivity contribution in [2.45, 2.75) is 70.2 Å². The van der Waals surface area contributed by atoms with Gasteiger partial charge in [0.15, 0.2) is 0 Å². The monoisotopic (exact) mass is 359 g/mol. The van der Waals surface area contributed by atoms with Gasteiger partial charge in [0.25, 0.3) is 0 Å². The highest BCUT2D eigenvalue weighted by Crippen LogP contribution is 2.35. The average Bonchev–Trinajstić information content (AvgIpc) is 3.02. The Balaban J connectivity index is 2.01. The zero-order valence-electron chi connectivity index (χ0n) is 14.7. The highest BCUT2D eigenvalue weighted by molar-refractivity contribution is 5.38. The van der Waals surface area contributed by atoms with E-state index in [0.717, 1.165) is 38.2 Å². The molecule has 1 saturated heterocycles. The van der Waals surface area contributed by atoms with E-state index in [2.05, 4.69) is 12.2 Å². The Hall–Kier alpha value is -1.27. The summed E-state index contributed by atoms with van der Waals surface area (Å²) in [5.41, 5.74) is -0.251. The minimum atomic E-state index is -4.38. The molecule has 1 heterocycles. The number of halogens is 3. The van der Waals surface area contributed by atoms with Crippen LogP contribution in [0.15, 0.2) is 18.2 Å². The Bertz CT molecular complexity index is 534. The van der Waals surface area contributed by atoms with Crippen LogP contribution in [0.4, 0.5) is 13.2 Å². The molecule has 1 aromatic carbocycles. The van der Waals surface area contributed by atoms with E-state index in [1.165, 1.54) is 0 Å². The molecular weight excluding hydrogens is 331 g/mol. The van der Waals surface area contributed by atoms with Crippen molar-refractivity contribution in [1.29, 1.82) is 0 Å². The van der Waals surface area contributed by atoms with Gasteiger partial charge in [0.2, 0.25) is 0 Å². The van der Waals surface area contributed by atoms with Gasteiger partial charge in [-0.25, -0.2) is 0 Å². The van der Waals surface area contributed by atoms with Crippen LogP contribution in [0.3, 0.4) is 0 Å². The third-order valence-corrected chi connectivity index (χ3v) is 4.64. The summed E-state index contributed by atoms with van der Waals surface area (Å²) in [5, 5.41) is 12.2. The average molecular weight is 359 g/mol. The molecule has 0 amide bonds. The number of aliphatic hydroxyl groups is 1. The molecular formula is C19H28F3NO2. The number of benzene rings is 1. The van der Waals surface area contributed by atoms with Crippen LogP contribution in [0.25, 0.3) is 0 Å². The van der Waals surface area contributed by atoms with Gasteiger partial charge in [-0.2, -0.15) is 13.2 Å². The molecule has 3 nitrogen and oxygen atoms in total. The molecule has 2 rings (SSSR count). The number of ether oxygens (including phenoxy) is 1. The molecule has 25 heavy (non-hydrogen) atoms. The predicted molar refractivity (Wildman–Crippen MR) is 91.8 cm³/mol. The lowest BCUT2D eigenvalue weighted by Gasteiger charge is -2.17. The van der Waals surface area contributed by atoms with Crippen LogP contribution in [0.2, 0.25) is 0 Å². The number of hydrogen-bond donors (Lipinski definition) is 2. The van der Waals surface area contributed by atoms with Gasteiger partial charge in [-0.15, -0.1) is 0 Å². The van der Waals surface area contributed by atoms with Crippen LogP contribution < -0.4 is 10.1 Å². The Morgan fingerprint density at radius 2 is 1.96 bits per heavy atom. The van der Waals surface area contributed by atoms with Crippen LogP contribution in [-0.2, 0) is 12.6 Å². The number of nitrogens with one attached hydrogen (secondary N) is 1. The van der Waals surface area contributed by atoms with Crippen LogP contribution >= 0.6 is 0 Å². The van der Waals surface area contributed by atoms with Gasteiger partial charge in [0, 0.05) is 19.0 Å². The molecule has 0 bridgehead atoms. The van der Waals surface area contributed by atoms with Crippen molar-refractivity contribution in [3.05, 3.63) is 29.3 Å². The van der Waals surface area contributed by atoms with Crippen molar-refractivity contribution >= 4 is 0 Å². The largest absolute Gasteiger partial charge is 0.489 e. The van der Waals surface area contributed by atoms with Crippen molar-refractivity contribution in [3.8, 4) is 5.75 Å². The second kappa shape index (κ2) is 9.43. The first-order valence-corrected chi connectivity index (χ1v) is 9.15. The maximum atomic E-state index is 13.4. The molecule has 0 spiro atoms. The highest BCUT2D eigenvalue weighted by atomic mass is 19.4. The quantitative estimate of drug-likeness (QED) is 0.645. The molecule has 0 unspecified atom stereocenters. The van der Waals surface area contributed by atoms with Crippen LogP contribution in [0.5, 0.6) is 5.75 Å². The molecule has 0 saturated carbocycles. The van der Waals surface area contributed by atoms with Crippen LogP contribution in [0, 0.1) is 0 Å². The van der Waals surface area contributed by atoms with Gasteiger partial charge in [-0.1, -0.05) is 38.7 Å². The lowest BCUT2D eigenvalue weighted by atomic mass is 10.00. The van der Waals surface area contributed by atoms with Crippen LogP contribution in [0.1, 0.15) is 56.6 Å². The molecule has 1 aromatic rings. The lowest BCUT2D eigenvalue weighted by Crippen LogP contribution is -2.25. The first-order valence-electron chi connectivity index (χ1n) is 9.15. The summed E-state index contributed by atoms with van der Waals surface area (Å²) in [4.78, 5) is 0. The van der Waals surface area contributed by atoms with Gasteiger partial charge >= 0.3 is 6.18 Å². The van der Waals surface area contributed by atoms with E-state index in [0.29, 0.717) is 24.9 Å². The highest BCUT2D eigenvalue weighted by Gasteiger charge is 2.34. The summed E-state index contributed by atoms with van der Waals surface area (Å²) >= 11 is 0. The Morgan fingerprint density at radius 1 is 1.20 bits per heavy atom. The molecule has 142 valence electrons. The van der Waals surface area contributed by atoms with E-state index in [9.17, 15) is 13.2 Å². The Labute approximate surface area is 147 Å². The minimum Gasteiger partial charge on any atom is -0.489 e. The summed E-state index contributed by atoms with van der Waals surface area (Å²) in [5.74, 6) is 0.243. The fraction of sp³-hybridized carbons (Fsp3) is 0.684. The number of alkyl halides is 3. The number of unbranched alkanes of at least 4 members (excludes halogenated alkanes) is 4. The van der Waals surface area contributed by atoms with Crippen molar-refractivity contribution in [2.24, 2.45) is 0 Å². The van der Waals surface area contributed by atoms with Crippen LogP contribution in [-0.4, -0.2) is 30.4 Å². The topological polar surface area (TPSA) is 41.5 Å². The van der Waals surface area contributed by atoms with E-state index in [1.807, 2.05) is 0 Å². The smallest absolute Gasteiger partial charge is 0.416 e. The van der Waals surface area contributed by atoms with E-state index in [4.69, 9.17) is 9.84 Å². The van der Waals surface area contributed by atoms with E-state index in [1.54, 1.807) is 12.1 Å². The van der Waals surface area contributed by atoms with Crippen molar-refractivity contribution < 1.29 is 23.0 Å². The fourth-order valence-corrected chi connectivity index (χ4v) is 3.23. The SMILES string of the molecule is CCCCCCCc1ccc(O[C@@H]2CN[C@H](CO)C2)cc1C(F)(F)F. The zero-order valence-corrected chi connectivity index (χ0v) is 14.7. The molecule has 1 aliphatic heterocycles. The van der Waals surface area contributed by atoms with Crippen molar-refractivity contribution in [3.63, 3.8) is 0 Å². The second-order valence-electron chi connectivity index (χ2n) is 6.74. The first-order chi connectivity index (χ1) is 11.9. The van der Waals surface area contributed by atoms with Crippen molar-refractivity contribution in [1.82, 2.24) is 5.32 Å². The molecule has 2 atom stereocenters. The molecule has 2 N–H and O–H groups in total. The molecule has 1 aliphatic rings. The standard InChI is InChI=1S/C19H28F3NO2/c1-2-3-4-5-6-7-14-8-9-16(11-18(14)19(20,21)22)25-17-10-15(13-24)23-12-17/h8-9,11,15,17,23-24H,2-7,10,12-13H2,1H3/t15-,17-/m0/s1. The summed E-state index contributed by atoms with van der Waals surface area (Å²) in [6.45, 7) is 2.65. The number of rotatable bonds is 9. The van der Waals surface area contributed by atoms with Gasteiger partial charge < -0.3 is 15.2 Å². The van der Waals surface area contributed by atoms with Crippen molar-refractivity contribution in [2.75, 3.05) is 13.2 Å². The van der Waals surface area contributed by atoms with E-state index in [-0.39, 0.29) is 24.5 Å². The Morgan fingerprint density at radius 3 is 2.60 bits per heavy atom. The molecule has 0 radical (unpaired) electrons. The third-order valence-electron chi connectivity index (χ3n) is 4.64. The van der Waals surface area contributed by atoms with Gasteiger partial charge in [-0.05, 0) is 30.5 Å². The lowest BCUT2D eigenvalue weighted by molar-refractivity contribution is -0.138. The summed E-state index contributed by atoms with van der Waals surface area (Å²) in [7, 11) is 0.